The minimum Gasteiger partial charge on any atom is -0.363 e. The van der Waals surface area contributed by atoms with Crippen LogP contribution >= 0.6 is 0 Å². The summed E-state index contributed by atoms with van der Waals surface area (Å²) >= 11 is 0. The number of anilines is 2. The Balaban J connectivity index is 1.74. The molecule has 0 aliphatic carbocycles. The van der Waals surface area contributed by atoms with Gasteiger partial charge in [-0.15, -0.1) is 0 Å². The van der Waals surface area contributed by atoms with Crippen molar-refractivity contribution < 1.29 is 4.79 Å². The minimum atomic E-state index is 0.00672. The maximum absolute atomic E-state index is 11.4. The van der Waals surface area contributed by atoms with E-state index in [-0.39, 0.29) is 11.9 Å². The number of nitrogens with zero attached hydrogens (tertiary/aromatic N) is 3. The van der Waals surface area contributed by atoms with Crippen LogP contribution in [0.5, 0.6) is 0 Å². The molecule has 23 heavy (non-hydrogen) atoms. The Kier molecular flexibility index (Phi) is 4.18. The number of rotatable bonds is 5. The van der Waals surface area contributed by atoms with Gasteiger partial charge in [0.2, 0.25) is 5.91 Å². The van der Waals surface area contributed by atoms with Crippen molar-refractivity contribution in [3.8, 4) is 0 Å². The first-order chi connectivity index (χ1) is 11.2. The molecule has 0 fully saturated rings. The maximum atomic E-state index is 11.4. The van der Waals surface area contributed by atoms with Crippen LogP contribution in [0.4, 0.5) is 11.5 Å². The first-order valence-corrected chi connectivity index (χ1v) is 7.47. The van der Waals surface area contributed by atoms with Crippen molar-refractivity contribution >= 4 is 28.4 Å². The van der Waals surface area contributed by atoms with E-state index in [1.54, 1.807) is 6.20 Å². The summed E-state index contributed by atoms with van der Waals surface area (Å²) in [6, 6.07) is 7.81. The molecule has 0 saturated heterocycles. The fraction of sp³-hybridized carbons (Fsp3) is 0.250. The molecule has 0 spiro atoms. The summed E-state index contributed by atoms with van der Waals surface area (Å²) in [5.41, 5.74) is 2.59. The molecule has 0 bridgehead atoms. The smallest absolute Gasteiger partial charge is 0.224 e. The van der Waals surface area contributed by atoms with E-state index < -0.39 is 0 Å². The molecule has 0 unspecified atom stereocenters. The third-order valence-electron chi connectivity index (χ3n) is 3.62. The zero-order chi connectivity index (χ0) is 16.2. The molecule has 2 aromatic heterocycles. The molecular weight excluding hydrogens is 292 g/mol. The van der Waals surface area contributed by atoms with E-state index in [1.807, 2.05) is 38.1 Å². The van der Waals surface area contributed by atoms with Gasteiger partial charge in [0.1, 0.15) is 12.1 Å². The monoisotopic (exact) mass is 310 g/mol. The molecule has 1 amide bonds. The fourth-order valence-corrected chi connectivity index (χ4v) is 2.27. The van der Waals surface area contributed by atoms with Gasteiger partial charge in [0.25, 0.3) is 0 Å². The third-order valence-corrected chi connectivity index (χ3v) is 3.62. The van der Waals surface area contributed by atoms with Crippen LogP contribution in [-0.4, -0.2) is 26.1 Å². The summed E-state index contributed by atoms with van der Waals surface area (Å²) in [6.45, 7) is 3.88. The molecule has 0 saturated carbocycles. The van der Waals surface area contributed by atoms with Gasteiger partial charge in [-0.3, -0.25) is 9.89 Å². The lowest BCUT2D eigenvalue weighted by Gasteiger charge is -2.16. The molecule has 0 aliphatic rings. The Morgan fingerprint density at radius 2 is 2.04 bits per heavy atom. The van der Waals surface area contributed by atoms with Crippen LogP contribution in [0, 0.1) is 0 Å². The van der Waals surface area contributed by atoms with Crippen LogP contribution in [0.3, 0.4) is 0 Å². The molecule has 7 heteroatoms. The van der Waals surface area contributed by atoms with Crippen LogP contribution in [0.1, 0.15) is 31.9 Å². The number of hydrogen-bond donors (Lipinski definition) is 3. The van der Waals surface area contributed by atoms with Gasteiger partial charge in [0.15, 0.2) is 5.65 Å². The number of carbonyl (C=O) groups excluding carboxylic acids is 1. The first-order valence-electron chi connectivity index (χ1n) is 7.47. The second-order valence-electron chi connectivity index (χ2n) is 5.24. The van der Waals surface area contributed by atoms with Crippen LogP contribution in [0.25, 0.3) is 11.0 Å². The van der Waals surface area contributed by atoms with Crippen LogP contribution in [0.2, 0.25) is 0 Å². The van der Waals surface area contributed by atoms with Crippen molar-refractivity contribution in [2.45, 2.75) is 26.3 Å². The summed E-state index contributed by atoms with van der Waals surface area (Å²) in [7, 11) is 0. The number of H-pyrrole nitrogens is 1. The second-order valence-corrected chi connectivity index (χ2v) is 5.24. The molecule has 3 aromatic rings. The Morgan fingerprint density at radius 1 is 1.26 bits per heavy atom. The van der Waals surface area contributed by atoms with Gasteiger partial charge >= 0.3 is 0 Å². The number of nitrogens with one attached hydrogen (secondary N) is 3. The average molecular weight is 310 g/mol. The minimum absolute atomic E-state index is 0.00672. The van der Waals surface area contributed by atoms with E-state index >= 15 is 0 Å². The van der Waals surface area contributed by atoms with Gasteiger partial charge < -0.3 is 10.6 Å². The number of aromatic amines is 1. The molecule has 3 N–H and O–H groups in total. The largest absolute Gasteiger partial charge is 0.363 e. The van der Waals surface area contributed by atoms with Crippen molar-refractivity contribution in [1.29, 1.82) is 0 Å². The summed E-state index contributed by atoms with van der Waals surface area (Å²) in [6.07, 6.45) is 3.67. The highest BCUT2D eigenvalue weighted by Gasteiger charge is 2.10. The van der Waals surface area contributed by atoms with Gasteiger partial charge in [-0.2, -0.15) is 5.10 Å². The predicted molar refractivity (Wildman–Crippen MR) is 89.1 cm³/mol. The quantitative estimate of drug-likeness (QED) is 0.673. The molecule has 7 nitrogen and oxygen atoms in total. The van der Waals surface area contributed by atoms with E-state index in [1.165, 1.54) is 6.33 Å². The number of carbonyl (C=O) groups is 1. The van der Waals surface area contributed by atoms with Crippen molar-refractivity contribution in [1.82, 2.24) is 20.2 Å². The standard InChI is InChI=1S/C16H18N6O/c1-3-14(23)21-12-6-4-11(5-7-12)10(2)20-15-13-8-19-22-16(13)18-9-17-15/h4-10H,3H2,1-2H3,(H,21,23)(H2,17,18,19,20,22)/t10-/m0/s1. The number of aromatic nitrogens is 4. The zero-order valence-corrected chi connectivity index (χ0v) is 13.0. The summed E-state index contributed by atoms with van der Waals surface area (Å²) in [5.74, 6) is 0.742. The van der Waals surface area contributed by atoms with Crippen molar-refractivity contribution in [3.63, 3.8) is 0 Å². The van der Waals surface area contributed by atoms with Crippen LogP contribution < -0.4 is 10.6 Å². The topological polar surface area (TPSA) is 95.6 Å². The van der Waals surface area contributed by atoms with Gasteiger partial charge in [-0.05, 0) is 24.6 Å². The molecule has 1 atom stereocenters. The van der Waals surface area contributed by atoms with Gasteiger partial charge in [-0.1, -0.05) is 19.1 Å². The SMILES string of the molecule is CCC(=O)Nc1ccc([C@H](C)Nc2ncnc3[nH]ncc23)cc1. The van der Waals surface area contributed by atoms with E-state index in [2.05, 4.69) is 30.8 Å². The third kappa shape index (κ3) is 3.28. The van der Waals surface area contributed by atoms with Crippen LogP contribution in [-0.2, 0) is 4.79 Å². The lowest BCUT2D eigenvalue weighted by atomic mass is 10.1. The van der Waals surface area contributed by atoms with E-state index in [9.17, 15) is 4.79 Å². The van der Waals surface area contributed by atoms with Crippen LogP contribution in [0.15, 0.2) is 36.8 Å². The molecule has 0 aliphatic heterocycles. The van der Waals surface area contributed by atoms with E-state index in [0.717, 1.165) is 22.5 Å². The summed E-state index contributed by atoms with van der Waals surface area (Å²) in [4.78, 5) is 19.8. The Hall–Kier alpha value is -2.96. The normalized spacial score (nSPS) is 12.1. The Bertz CT molecular complexity index is 811. The summed E-state index contributed by atoms with van der Waals surface area (Å²) in [5, 5.41) is 13.9. The van der Waals surface area contributed by atoms with Gasteiger partial charge in [-0.25, -0.2) is 9.97 Å². The number of fused-ring (bicyclic) bond motifs is 1. The van der Waals surface area contributed by atoms with Crippen molar-refractivity contribution in [2.24, 2.45) is 0 Å². The fourth-order valence-electron chi connectivity index (χ4n) is 2.27. The van der Waals surface area contributed by atoms with E-state index in [4.69, 9.17) is 0 Å². The van der Waals surface area contributed by atoms with Gasteiger partial charge in [0, 0.05) is 18.2 Å². The molecule has 118 valence electrons. The predicted octanol–water partition coefficient (Wildman–Crippen LogP) is 2.87. The molecule has 1 aromatic carbocycles. The second kappa shape index (κ2) is 6.43. The molecule has 3 rings (SSSR count). The van der Waals surface area contributed by atoms with Crippen molar-refractivity contribution in [2.75, 3.05) is 10.6 Å². The Labute approximate surface area is 133 Å². The first kappa shape index (κ1) is 15.0. The highest BCUT2D eigenvalue weighted by atomic mass is 16.1. The van der Waals surface area contributed by atoms with E-state index in [0.29, 0.717) is 12.1 Å². The highest BCUT2D eigenvalue weighted by molar-refractivity contribution is 5.90. The highest BCUT2D eigenvalue weighted by Crippen LogP contribution is 2.23. The number of hydrogen-bond acceptors (Lipinski definition) is 5. The lowest BCUT2D eigenvalue weighted by Crippen LogP contribution is -2.10. The molecular formula is C16H18N6O. The van der Waals surface area contributed by atoms with Crippen molar-refractivity contribution in [3.05, 3.63) is 42.4 Å². The number of amides is 1. The zero-order valence-electron chi connectivity index (χ0n) is 13.0. The number of benzene rings is 1. The molecule has 0 radical (unpaired) electrons. The molecule has 2 heterocycles. The lowest BCUT2D eigenvalue weighted by molar-refractivity contribution is -0.115. The van der Waals surface area contributed by atoms with Gasteiger partial charge in [0.05, 0.1) is 11.6 Å². The summed E-state index contributed by atoms with van der Waals surface area (Å²) < 4.78 is 0. The average Bonchev–Trinajstić information content (AvgIpc) is 3.05. The maximum Gasteiger partial charge on any atom is 0.224 e. The Morgan fingerprint density at radius 3 is 2.78 bits per heavy atom.